The van der Waals surface area contributed by atoms with Gasteiger partial charge in [-0.3, -0.25) is 4.79 Å². The van der Waals surface area contributed by atoms with Gasteiger partial charge in [0.15, 0.2) is 0 Å². The van der Waals surface area contributed by atoms with Crippen LogP contribution in [0.3, 0.4) is 0 Å². The van der Waals surface area contributed by atoms with Gasteiger partial charge in [-0.05, 0) is 35.6 Å². The quantitative estimate of drug-likeness (QED) is 0.851. The highest BCUT2D eigenvalue weighted by molar-refractivity contribution is 7.17. The van der Waals surface area contributed by atoms with Crippen LogP contribution in [0.2, 0.25) is 0 Å². The molecule has 3 rings (SSSR count). The summed E-state index contributed by atoms with van der Waals surface area (Å²) in [5.41, 5.74) is 3.83. The Morgan fingerprint density at radius 2 is 2.11 bits per heavy atom. The summed E-state index contributed by atoms with van der Waals surface area (Å²) in [5, 5.41) is 11.1. The van der Waals surface area contributed by atoms with Gasteiger partial charge in [0, 0.05) is 4.88 Å². The number of hydrogen-bond acceptors (Lipinski definition) is 3. The maximum atomic E-state index is 11.9. The largest absolute Gasteiger partial charge is 0.338 e. The van der Waals surface area contributed by atoms with E-state index in [1.807, 2.05) is 18.2 Å². The molecule has 2 aromatic rings. The van der Waals surface area contributed by atoms with Crippen molar-refractivity contribution >= 4 is 17.2 Å². The third kappa shape index (κ3) is 2.13. The Labute approximate surface area is 115 Å². The molecule has 0 fully saturated rings. The first-order valence-corrected chi connectivity index (χ1v) is 6.97. The van der Waals surface area contributed by atoms with E-state index in [-0.39, 0.29) is 12.5 Å². The number of benzene rings is 1. The number of amides is 1. The molecule has 1 amide bonds. The second kappa shape index (κ2) is 4.87. The van der Waals surface area contributed by atoms with Crippen molar-refractivity contribution in [2.45, 2.75) is 12.8 Å². The van der Waals surface area contributed by atoms with E-state index in [4.69, 9.17) is 5.26 Å². The molecule has 19 heavy (non-hydrogen) atoms. The molecule has 0 saturated carbocycles. The predicted octanol–water partition coefficient (Wildman–Crippen LogP) is 2.77. The molecule has 0 unspecified atom stereocenters. The van der Waals surface area contributed by atoms with Crippen LogP contribution in [0, 0.1) is 11.3 Å². The van der Waals surface area contributed by atoms with Crippen LogP contribution in [0.15, 0.2) is 30.3 Å². The van der Waals surface area contributed by atoms with Gasteiger partial charge >= 0.3 is 0 Å². The molecule has 1 aliphatic rings. The number of carbonyl (C=O) groups is 1. The van der Waals surface area contributed by atoms with Gasteiger partial charge in [0.25, 0.3) is 5.91 Å². The third-order valence-corrected chi connectivity index (χ3v) is 4.50. The minimum atomic E-state index is -0.154. The molecule has 0 radical (unpaired) electrons. The molecular formula is C15H12N2OS. The average molecular weight is 268 g/mol. The SMILES string of the molecule is N#CCNC(=O)c1cc2c(s1)-c1ccccc1CC2. The van der Waals surface area contributed by atoms with Crippen molar-refractivity contribution in [2.24, 2.45) is 0 Å². The first kappa shape index (κ1) is 11.9. The molecule has 3 nitrogen and oxygen atoms in total. The van der Waals surface area contributed by atoms with Crippen molar-refractivity contribution in [1.82, 2.24) is 5.32 Å². The van der Waals surface area contributed by atoms with Crippen LogP contribution in [0.25, 0.3) is 10.4 Å². The molecule has 0 spiro atoms. The molecule has 0 bridgehead atoms. The van der Waals surface area contributed by atoms with Gasteiger partial charge in [-0.15, -0.1) is 11.3 Å². The lowest BCUT2D eigenvalue weighted by Gasteiger charge is -2.15. The van der Waals surface area contributed by atoms with Gasteiger partial charge in [0.2, 0.25) is 0 Å². The van der Waals surface area contributed by atoms with Crippen molar-refractivity contribution in [1.29, 1.82) is 5.26 Å². The lowest BCUT2D eigenvalue weighted by atomic mass is 9.91. The highest BCUT2D eigenvalue weighted by Gasteiger charge is 2.20. The standard InChI is InChI=1S/C15H12N2OS/c16-7-8-17-15(18)13-9-11-6-5-10-3-1-2-4-12(10)14(11)19-13/h1-4,9H,5-6,8H2,(H,17,18). The molecule has 1 aromatic carbocycles. The summed E-state index contributed by atoms with van der Waals surface area (Å²) in [4.78, 5) is 13.8. The molecule has 1 aromatic heterocycles. The van der Waals surface area contributed by atoms with E-state index >= 15 is 0 Å². The van der Waals surface area contributed by atoms with Crippen molar-refractivity contribution in [3.63, 3.8) is 0 Å². The number of hydrogen-bond donors (Lipinski definition) is 1. The Balaban J connectivity index is 1.97. The van der Waals surface area contributed by atoms with E-state index in [1.165, 1.54) is 32.9 Å². The Morgan fingerprint density at radius 3 is 2.95 bits per heavy atom. The zero-order chi connectivity index (χ0) is 13.2. The Morgan fingerprint density at radius 1 is 1.32 bits per heavy atom. The highest BCUT2D eigenvalue weighted by atomic mass is 32.1. The Bertz CT molecular complexity index is 682. The summed E-state index contributed by atoms with van der Waals surface area (Å²) in [5.74, 6) is -0.154. The monoisotopic (exact) mass is 268 g/mol. The van der Waals surface area contributed by atoms with Gasteiger partial charge < -0.3 is 5.32 Å². The van der Waals surface area contributed by atoms with E-state index < -0.39 is 0 Å². The summed E-state index contributed by atoms with van der Waals surface area (Å²) in [6, 6.07) is 12.2. The van der Waals surface area contributed by atoms with Crippen LogP contribution < -0.4 is 5.32 Å². The number of thiophene rings is 1. The average Bonchev–Trinajstić information content (AvgIpc) is 2.89. The number of nitrogens with zero attached hydrogens (tertiary/aromatic N) is 1. The van der Waals surface area contributed by atoms with Crippen molar-refractivity contribution in [3.8, 4) is 16.5 Å². The zero-order valence-electron chi connectivity index (χ0n) is 10.3. The van der Waals surface area contributed by atoms with Crippen LogP contribution in [0.1, 0.15) is 20.8 Å². The van der Waals surface area contributed by atoms with Gasteiger partial charge in [0.1, 0.15) is 6.54 Å². The number of nitrogens with one attached hydrogen (secondary N) is 1. The first-order valence-electron chi connectivity index (χ1n) is 6.15. The van der Waals surface area contributed by atoms with Crippen molar-refractivity contribution in [3.05, 3.63) is 46.3 Å². The molecule has 0 atom stereocenters. The van der Waals surface area contributed by atoms with Crippen LogP contribution in [-0.2, 0) is 12.8 Å². The zero-order valence-corrected chi connectivity index (χ0v) is 11.1. The van der Waals surface area contributed by atoms with Crippen molar-refractivity contribution in [2.75, 3.05) is 6.54 Å². The molecule has 4 heteroatoms. The molecule has 0 aliphatic heterocycles. The highest BCUT2D eigenvalue weighted by Crippen LogP contribution is 2.39. The van der Waals surface area contributed by atoms with Gasteiger partial charge in [-0.1, -0.05) is 24.3 Å². The van der Waals surface area contributed by atoms with Gasteiger partial charge in [-0.25, -0.2) is 0 Å². The third-order valence-electron chi connectivity index (χ3n) is 3.29. The summed E-state index contributed by atoms with van der Waals surface area (Å²) in [6.07, 6.45) is 2.01. The minimum absolute atomic E-state index is 0.0536. The Hall–Kier alpha value is -2.12. The minimum Gasteiger partial charge on any atom is -0.338 e. The summed E-state index contributed by atoms with van der Waals surface area (Å²) in [7, 11) is 0. The van der Waals surface area contributed by atoms with E-state index in [1.54, 1.807) is 0 Å². The molecular weight excluding hydrogens is 256 g/mol. The van der Waals surface area contributed by atoms with E-state index in [0.29, 0.717) is 4.88 Å². The number of carbonyl (C=O) groups excluding carboxylic acids is 1. The molecule has 0 saturated heterocycles. The molecule has 1 aliphatic carbocycles. The molecule has 94 valence electrons. The molecule has 1 N–H and O–H groups in total. The van der Waals surface area contributed by atoms with Gasteiger partial charge in [-0.2, -0.15) is 5.26 Å². The fourth-order valence-corrected chi connectivity index (χ4v) is 3.58. The number of fused-ring (bicyclic) bond motifs is 3. The van der Waals surface area contributed by atoms with Crippen LogP contribution in [0.4, 0.5) is 0 Å². The van der Waals surface area contributed by atoms with Crippen LogP contribution in [0.5, 0.6) is 0 Å². The first-order chi connectivity index (χ1) is 9.29. The fraction of sp³-hybridized carbons (Fsp3) is 0.200. The fourth-order valence-electron chi connectivity index (χ4n) is 2.39. The summed E-state index contributed by atoms with van der Waals surface area (Å²) < 4.78 is 0. The van der Waals surface area contributed by atoms with E-state index in [2.05, 4.69) is 23.5 Å². The second-order valence-electron chi connectivity index (χ2n) is 4.46. The smallest absolute Gasteiger partial charge is 0.262 e. The Kier molecular flexibility index (Phi) is 3.06. The lowest BCUT2D eigenvalue weighted by molar-refractivity contribution is 0.0962. The van der Waals surface area contributed by atoms with Crippen LogP contribution in [-0.4, -0.2) is 12.5 Å². The number of aryl methyl sites for hydroxylation is 2. The summed E-state index contributed by atoms with van der Waals surface area (Å²) in [6.45, 7) is 0.0536. The van der Waals surface area contributed by atoms with E-state index in [0.717, 1.165) is 12.8 Å². The predicted molar refractivity (Wildman–Crippen MR) is 75.1 cm³/mol. The number of rotatable bonds is 2. The normalized spacial score (nSPS) is 12.2. The molecule has 1 heterocycles. The number of nitriles is 1. The van der Waals surface area contributed by atoms with Crippen LogP contribution >= 0.6 is 11.3 Å². The van der Waals surface area contributed by atoms with E-state index in [9.17, 15) is 4.79 Å². The maximum absolute atomic E-state index is 11.9. The topological polar surface area (TPSA) is 52.9 Å². The second-order valence-corrected chi connectivity index (χ2v) is 5.52. The lowest BCUT2D eigenvalue weighted by Crippen LogP contribution is -2.22. The van der Waals surface area contributed by atoms with Gasteiger partial charge in [0.05, 0.1) is 10.9 Å². The summed E-state index contributed by atoms with van der Waals surface area (Å²) >= 11 is 1.52. The van der Waals surface area contributed by atoms with Crippen molar-refractivity contribution < 1.29 is 4.79 Å². The maximum Gasteiger partial charge on any atom is 0.262 e.